The maximum Gasteiger partial charge on any atom is 0.416 e. The maximum absolute atomic E-state index is 13.0. The zero-order valence-electron chi connectivity index (χ0n) is 17.7. The van der Waals surface area contributed by atoms with Gasteiger partial charge in [0.05, 0.1) is 10.5 Å². The lowest BCUT2D eigenvalue weighted by molar-refractivity contribution is -0.137. The molecule has 0 atom stereocenters. The van der Waals surface area contributed by atoms with Gasteiger partial charge in [-0.05, 0) is 37.3 Å². The molecule has 0 saturated carbocycles. The standard InChI is InChI=1S/C22H21F3N4O3S/c1-16-26-20(15-21(27-16)32-18-7-3-2-4-8-18)28-10-12-29(13-11-28)33(30,31)19-9-5-6-17(14-19)22(23,24)25/h2-9,14-15H,10-13H2,1H3. The highest BCUT2D eigenvalue weighted by Gasteiger charge is 2.34. The minimum Gasteiger partial charge on any atom is -0.439 e. The molecule has 1 aliphatic heterocycles. The molecule has 33 heavy (non-hydrogen) atoms. The largest absolute Gasteiger partial charge is 0.439 e. The van der Waals surface area contributed by atoms with Crippen molar-refractivity contribution in [2.75, 3.05) is 31.1 Å². The average molecular weight is 478 g/mol. The van der Waals surface area contributed by atoms with E-state index in [4.69, 9.17) is 4.74 Å². The number of hydrogen-bond donors (Lipinski definition) is 0. The number of aryl methyl sites for hydroxylation is 1. The summed E-state index contributed by atoms with van der Waals surface area (Å²) in [5.74, 6) is 2.07. The molecular formula is C22H21F3N4O3S. The van der Waals surface area contributed by atoms with Gasteiger partial charge < -0.3 is 9.64 Å². The van der Waals surface area contributed by atoms with Crippen molar-refractivity contribution in [3.63, 3.8) is 0 Å². The van der Waals surface area contributed by atoms with Crippen LogP contribution in [0, 0.1) is 6.92 Å². The van der Waals surface area contributed by atoms with E-state index in [0.29, 0.717) is 42.4 Å². The Bertz CT molecular complexity index is 1230. The summed E-state index contributed by atoms with van der Waals surface area (Å²) in [6.07, 6.45) is -4.62. The van der Waals surface area contributed by atoms with Crippen LogP contribution in [0.4, 0.5) is 19.0 Å². The summed E-state index contributed by atoms with van der Waals surface area (Å²) in [6, 6.07) is 14.6. The number of anilines is 1. The molecule has 2 heterocycles. The van der Waals surface area contributed by atoms with Crippen molar-refractivity contribution in [3.8, 4) is 11.6 Å². The fourth-order valence-electron chi connectivity index (χ4n) is 3.49. The molecule has 3 aromatic rings. The second-order valence-electron chi connectivity index (χ2n) is 7.44. The van der Waals surface area contributed by atoms with E-state index >= 15 is 0 Å². The molecule has 0 spiro atoms. The van der Waals surface area contributed by atoms with Crippen molar-refractivity contribution in [1.82, 2.24) is 14.3 Å². The minimum absolute atomic E-state index is 0.108. The number of nitrogens with zero attached hydrogens (tertiary/aromatic N) is 4. The van der Waals surface area contributed by atoms with E-state index in [2.05, 4.69) is 9.97 Å². The summed E-state index contributed by atoms with van der Waals surface area (Å²) < 4.78 is 71.8. The van der Waals surface area contributed by atoms with Crippen LogP contribution in [-0.2, 0) is 16.2 Å². The lowest BCUT2D eigenvalue weighted by Crippen LogP contribution is -2.49. The number of sulfonamides is 1. The van der Waals surface area contributed by atoms with Crippen molar-refractivity contribution < 1.29 is 26.3 Å². The first-order valence-electron chi connectivity index (χ1n) is 10.1. The lowest BCUT2D eigenvalue weighted by Gasteiger charge is -2.34. The molecule has 1 aromatic heterocycles. The molecule has 2 aromatic carbocycles. The van der Waals surface area contributed by atoms with E-state index in [1.807, 2.05) is 23.1 Å². The Morgan fingerprint density at radius 1 is 0.909 bits per heavy atom. The van der Waals surface area contributed by atoms with Crippen LogP contribution >= 0.6 is 0 Å². The Kier molecular flexibility index (Phi) is 6.26. The quantitative estimate of drug-likeness (QED) is 0.550. The van der Waals surface area contributed by atoms with Gasteiger partial charge in [-0.15, -0.1) is 0 Å². The number of benzene rings is 2. The normalized spacial score (nSPS) is 15.5. The van der Waals surface area contributed by atoms with E-state index in [1.165, 1.54) is 10.4 Å². The smallest absolute Gasteiger partial charge is 0.416 e. The van der Waals surface area contributed by atoms with Crippen molar-refractivity contribution >= 4 is 15.8 Å². The summed E-state index contributed by atoms with van der Waals surface area (Å²) >= 11 is 0. The van der Waals surface area contributed by atoms with Crippen LogP contribution in [0.25, 0.3) is 0 Å². The van der Waals surface area contributed by atoms with E-state index in [0.717, 1.165) is 12.1 Å². The Hall–Kier alpha value is -3.18. The number of alkyl halides is 3. The SMILES string of the molecule is Cc1nc(Oc2ccccc2)cc(N2CCN(S(=O)(=O)c3cccc(C(F)(F)F)c3)CC2)n1. The zero-order chi connectivity index (χ0) is 23.6. The molecule has 0 radical (unpaired) electrons. The zero-order valence-corrected chi connectivity index (χ0v) is 18.5. The number of halogens is 3. The topological polar surface area (TPSA) is 75.6 Å². The summed E-state index contributed by atoms with van der Waals surface area (Å²) in [4.78, 5) is 10.2. The van der Waals surface area contributed by atoms with Crippen LogP contribution in [-0.4, -0.2) is 48.9 Å². The van der Waals surface area contributed by atoms with E-state index < -0.39 is 21.8 Å². The highest BCUT2D eigenvalue weighted by molar-refractivity contribution is 7.89. The number of ether oxygens (including phenoxy) is 1. The minimum atomic E-state index is -4.62. The van der Waals surface area contributed by atoms with Crippen LogP contribution in [0.5, 0.6) is 11.6 Å². The number of aromatic nitrogens is 2. The fourth-order valence-corrected chi connectivity index (χ4v) is 4.96. The second kappa shape index (κ2) is 8.99. The van der Waals surface area contributed by atoms with Crippen LogP contribution in [0.3, 0.4) is 0 Å². The predicted molar refractivity (Wildman–Crippen MR) is 116 cm³/mol. The van der Waals surface area contributed by atoms with Gasteiger partial charge >= 0.3 is 6.18 Å². The molecule has 1 saturated heterocycles. The van der Waals surface area contributed by atoms with Crippen LogP contribution in [0.1, 0.15) is 11.4 Å². The van der Waals surface area contributed by atoms with Gasteiger partial charge in [-0.2, -0.15) is 22.5 Å². The van der Waals surface area contributed by atoms with E-state index in [1.54, 1.807) is 25.1 Å². The van der Waals surface area contributed by atoms with Gasteiger partial charge in [0.15, 0.2) is 0 Å². The predicted octanol–water partition coefficient (Wildman–Crippen LogP) is 4.11. The lowest BCUT2D eigenvalue weighted by atomic mass is 10.2. The molecule has 1 fully saturated rings. The Balaban J connectivity index is 1.48. The molecule has 174 valence electrons. The first kappa shape index (κ1) is 23.0. The summed E-state index contributed by atoms with van der Waals surface area (Å²) in [5, 5.41) is 0. The molecule has 4 rings (SSSR count). The molecule has 0 bridgehead atoms. The van der Waals surface area contributed by atoms with Gasteiger partial charge in [0.2, 0.25) is 15.9 Å². The molecule has 11 heteroatoms. The van der Waals surface area contributed by atoms with Gasteiger partial charge in [-0.1, -0.05) is 24.3 Å². The average Bonchev–Trinajstić information content (AvgIpc) is 2.79. The van der Waals surface area contributed by atoms with Crippen LogP contribution in [0.15, 0.2) is 65.6 Å². The van der Waals surface area contributed by atoms with Gasteiger partial charge in [-0.3, -0.25) is 0 Å². The molecule has 7 nitrogen and oxygen atoms in total. The first-order chi connectivity index (χ1) is 15.6. The van der Waals surface area contributed by atoms with Gasteiger partial charge in [0, 0.05) is 32.2 Å². The van der Waals surface area contributed by atoms with Crippen LogP contribution < -0.4 is 9.64 Å². The number of hydrogen-bond acceptors (Lipinski definition) is 6. The monoisotopic (exact) mass is 478 g/mol. The van der Waals surface area contributed by atoms with Crippen molar-refractivity contribution in [2.24, 2.45) is 0 Å². The summed E-state index contributed by atoms with van der Waals surface area (Å²) in [7, 11) is -4.06. The summed E-state index contributed by atoms with van der Waals surface area (Å²) in [5.41, 5.74) is -0.996. The number of para-hydroxylation sites is 1. The molecule has 0 unspecified atom stereocenters. The highest BCUT2D eigenvalue weighted by atomic mass is 32.2. The van der Waals surface area contributed by atoms with Gasteiger partial charge in [-0.25, -0.2) is 13.4 Å². The van der Waals surface area contributed by atoms with Crippen molar-refractivity contribution in [2.45, 2.75) is 18.0 Å². The number of rotatable bonds is 5. The van der Waals surface area contributed by atoms with E-state index in [-0.39, 0.29) is 18.0 Å². The third kappa shape index (κ3) is 5.25. The third-order valence-electron chi connectivity index (χ3n) is 5.13. The first-order valence-corrected chi connectivity index (χ1v) is 11.6. The molecule has 0 amide bonds. The van der Waals surface area contributed by atoms with Crippen LogP contribution in [0.2, 0.25) is 0 Å². The van der Waals surface area contributed by atoms with E-state index in [9.17, 15) is 21.6 Å². The Morgan fingerprint density at radius 3 is 2.27 bits per heavy atom. The van der Waals surface area contributed by atoms with Gasteiger partial charge in [0.25, 0.3) is 0 Å². The highest BCUT2D eigenvalue weighted by Crippen LogP contribution is 2.31. The molecule has 0 aliphatic carbocycles. The van der Waals surface area contributed by atoms with Crippen molar-refractivity contribution in [1.29, 1.82) is 0 Å². The molecular weight excluding hydrogens is 457 g/mol. The Morgan fingerprint density at radius 2 is 1.61 bits per heavy atom. The maximum atomic E-state index is 13.0. The number of piperazine rings is 1. The Labute approximate surface area is 189 Å². The van der Waals surface area contributed by atoms with Crippen molar-refractivity contribution in [3.05, 3.63) is 72.1 Å². The van der Waals surface area contributed by atoms with Gasteiger partial charge in [0.1, 0.15) is 17.4 Å². The molecule has 0 N–H and O–H groups in total. The fraction of sp³-hybridized carbons (Fsp3) is 0.273. The second-order valence-corrected chi connectivity index (χ2v) is 9.38. The third-order valence-corrected chi connectivity index (χ3v) is 7.02. The molecule has 1 aliphatic rings. The summed E-state index contributed by atoms with van der Waals surface area (Å²) in [6.45, 7) is 2.58.